The van der Waals surface area contributed by atoms with Gasteiger partial charge in [-0.1, -0.05) is 40.9 Å². The maximum absolute atomic E-state index is 12.9. The molecule has 2 aromatic carbocycles. The number of piperazine rings is 1. The third-order valence-electron chi connectivity index (χ3n) is 6.27. The van der Waals surface area contributed by atoms with Gasteiger partial charge in [0.05, 0.1) is 30.0 Å². The number of nitrogens with one attached hydrogen (secondary N) is 1. The number of carbonyl (C=O) groups excluding carboxylic acids is 1. The van der Waals surface area contributed by atoms with Gasteiger partial charge in [-0.05, 0) is 49.7 Å². The summed E-state index contributed by atoms with van der Waals surface area (Å²) in [6.45, 7) is 8.89. The van der Waals surface area contributed by atoms with Crippen molar-refractivity contribution in [1.82, 2.24) is 9.80 Å². The molecular formula is C24H29Cl3N4O2. The zero-order valence-electron chi connectivity index (χ0n) is 18.9. The van der Waals surface area contributed by atoms with Gasteiger partial charge < -0.3 is 24.8 Å². The lowest BCUT2D eigenvalue weighted by Crippen LogP contribution is -2.58. The Labute approximate surface area is 210 Å². The standard InChI is InChI=1S/C24H29Cl3N4O2/c1-16-15-30(7-8-31(16)24(32)29-9-11-33-12-10-29)19-4-6-21(26)23(14-19)28-17(2)20-5-3-18(25)13-22(20)27/h3-6,13-14,16-17,28H,7-12,15H2,1-2H3/t16-,17-/m1/s1. The van der Waals surface area contributed by atoms with E-state index in [0.29, 0.717) is 47.9 Å². The molecule has 9 heteroatoms. The monoisotopic (exact) mass is 510 g/mol. The van der Waals surface area contributed by atoms with Gasteiger partial charge in [-0.3, -0.25) is 0 Å². The van der Waals surface area contributed by atoms with Crippen LogP contribution in [0.2, 0.25) is 15.1 Å². The molecule has 178 valence electrons. The zero-order valence-corrected chi connectivity index (χ0v) is 21.1. The first-order chi connectivity index (χ1) is 15.8. The molecule has 2 aromatic rings. The number of amides is 2. The Morgan fingerprint density at radius 3 is 2.48 bits per heavy atom. The highest BCUT2D eigenvalue weighted by Crippen LogP contribution is 2.34. The molecule has 2 aliphatic heterocycles. The van der Waals surface area contributed by atoms with Crippen molar-refractivity contribution in [3.05, 3.63) is 57.0 Å². The van der Waals surface area contributed by atoms with Crippen molar-refractivity contribution in [3.8, 4) is 0 Å². The Balaban J connectivity index is 1.44. The molecule has 6 nitrogen and oxygen atoms in total. The summed E-state index contributed by atoms with van der Waals surface area (Å²) >= 11 is 18.9. The molecule has 4 rings (SSSR count). The minimum atomic E-state index is -0.0515. The molecule has 0 unspecified atom stereocenters. The number of halogens is 3. The quantitative estimate of drug-likeness (QED) is 0.565. The van der Waals surface area contributed by atoms with E-state index < -0.39 is 0 Å². The molecule has 0 bridgehead atoms. The molecule has 2 amide bonds. The highest BCUT2D eigenvalue weighted by atomic mass is 35.5. The number of rotatable bonds is 4. The Kier molecular flexibility index (Phi) is 7.80. The first kappa shape index (κ1) is 24.3. The Morgan fingerprint density at radius 2 is 1.79 bits per heavy atom. The van der Waals surface area contributed by atoms with E-state index in [1.807, 2.05) is 41.0 Å². The lowest BCUT2D eigenvalue weighted by Gasteiger charge is -2.43. The summed E-state index contributed by atoms with van der Waals surface area (Å²) in [5.41, 5.74) is 2.86. The van der Waals surface area contributed by atoms with Crippen LogP contribution in [-0.4, -0.2) is 67.8 Å². The van der Waals surface area contributed by atoms with Crippen LogP contribution in [0.4, 0.5) is 16.2 Å². The molecule has 0 saturated carbocycles. The fraction of sp³-hybridized carbons (Fsp3) is 0.458. The van der Waals surface area contributed by atoms with E-state index in [4.69, 9.17) is 39.5 Å². The van der Waals surface area contributed by atoms with Crippen LogP contribution in [0.5, 0.6) is 0 Å². The van der Waals surface area contributed by atoms with Crippen molar-refractivity contribution in [3.63, 3.8) is 0 Å². The number of morpholine rings is 1. The first-order valence-corrected chi connectivity index (χ1v) is 12.4. The topological polar surface area (TPSA) is 48.0 Å². The number of urea groups is 1. The van der Waals surface area contributed by atoms with Gasteiger partial charge in [0, 0.05) is 54.5 Å². The number of hydrogen-bond acceptors (Lipinski definition) is 4. The molecule has 33 heavy (non-hydrogen) atoms. The van der Waals surface area contributed by atoms with Crippen LogP contribution in [0.3, 0.4) is 0 Å². The van der Waals surface area contributed by atoms with Gasteiger partial charge in [-0.2, -0.15) is 0 Å². The molecule has 2 heterocycles. The minimum absolute atomic E-state index is 0.0515. The first-order valence-electron chi connectivity index (χ1n) is 11.2. The summed E-state index contributed by atoms with van der Waals surface area (Å²) in [6.07, 6.45) is 0. The number of ether oxygens (including phenoxy) is 1. The highest BCUT2D eigenvalue weighted by molar-refractivity contribution is 6.35. The van der Waals surface area contributed by atoms with Crippen molar-refractivity contribution in [2.75, 3.05) is 56.2 Å². The van der Waals surface area contributed by atoms with E-state index in [-0.39, 0.29) is 18.1 Å². The van der Waals surface area contributed by atoms with E-state index in [1.165, 1.54) is 0 Å². The third kappa shape index (κ3) is 5.62. The zero-order chi connectivity index (χ0) is 23.5. The second-order valence-electron chi connectivity index (χ2n) is 8.57. The molecule has 0 spiro atoms. The van der Waals surface area contributed by atoms with Crippen LogP contribution in [0.15, 0.2) is 36.4 Å². The van der Waals surface area contributed by atoms with Crippen LogP contribution in [0.25, 0.3) is 0 Å². The molecular weight excluding hydrogens is 483 g/mol. The molecule has 0 aromatic heterocycles. The number of benzene rings is 2. The summed E-state index contributed by atoms with van der Waals surface area (Å²) in [5.74, 6) is 0. The number of anilines is 2. The van der Waals surface area contributed by atoms with Gasteiger partial charge in [0.1, 0.15) is 0 Å². The van der Waals surface area contributed by atoms with Crippen LogP contribution in [0, 0.1) is 0 Å². The van der Waals surface area contributed by atoms with E-state index >= 15 is 0 Å². The van der Waals surface area contributed by atoms with Crippen molar-refractivity contribution in [1.29, 1.82) is 0 Å². The number of carbonyl (C=O) groups is 1. The van der Waals surface area contributed by atoms with Gasteiger partial charge in [0.25, 0.3) is 0 Å². The van der Waals surface area contributed by atoms with Crippen LogP contribution < -0.4 is 10.2 Å². The van der Waals surface area contributed by atoms with Crippen molar-refractivity contribution in [2.24, 2.45) is 0 Å². The Hall–Kier alpha value is -1.86. The Morgan fingerprint density at radius 1 is 1.03 bits per heavy atom. The van der Waals surface area contributed by atoms with E-state index in [0.717, 1.165) is 30.0 Å². The summed E-state index contributed by atoms with van der Waals surface area (Å²) in [5, 5.41) is 5.34. The average molecular weight is 512 g/mol. The van der Waals surface area contributed by atoms with E-state index in [9.17, 15) is 4.79 Å². The maximum atomic E-state index is 12.9. The van der Waals surface area contributed by atoms with E-state index in [1.54, 1.807) is 6.07 Å². The highest BCUT2D eigenvalue weighted by Gasteiger charge is 2.31. The fourth-order valence-electron chi connectivity index (χ4n) is 4.40. The number of hydrogen-bond donors (Lipinski definition) is 1. The van der Waals surface area contributed by atoms with Crippen LogP contribution in [-0.2, 0) is 4.74 Å². The smallest absolute Gasteiger partial charge is 0.320 e. The average Bonchev–Trinajstić information content (AvgIpc) is 2.80. The lowest BCUT2D eigenvalue weighted by molar-refractivity contribution is 0.0389. The molecule has 2 atom stereocenters. The Bertz CT molecular complexity index is 1000. The molecule has 2 saturated heterocycles. The van der Waals surface area contributed by atoms with Gasteiger partial charge in [-0.15, -0.1) is 0 Å². The number of nitrogens with zero attached hydrogens (tertiary/aromatic N) is 3. The van der Waals surface area contributed by atoms with Gasteiger partial charge in [0.15, 0.2) is 0 Å². The van der Waals surface area contributed by atoms with E-state index in [2.05, 4.69) is 23.2 Å². The molecule has 0 radical (unpaired) electrons. The summed E-state index contributed by atoms with van der Waals surface area (Å²) in [4.78, 5) is 19.1. The fourth-order valence-corrected chi connectivity index (χ4v) is 5.14. The second-order valence-corrected chi connectivity index (χ2v) is 9.82. The lowest BCUT2D eigenvalue weighted by atomic mass is 10.1. The molecule has 2 aliphatic rings. The summed E-state index contributed by atoms with van der Waals surface area (Å²) in [6, 6.07) is 11.7. The predicted molar refractivity (Wildman–Crippen MR) is 136 cm³/mol. The SMILES string of the molecule is C[C@@H]1CN(c2ccc(Cl)c(N[C@H](C)c3ccc(Cl)cc3Cl)c2)CCN1C(=O)N1CCOCC1. The minimum Gasteiger partial charge on any atom is -0.378 e. The van der Waals surface area contributed by atoms with Crippen LogP contribution >= 0.6 is 34.8 Å². The van der Waals surface area contributed by atoms with Crippen LogP contribution in [0.1, 0.15) is 25.5 Å². The molecule has 2 fully saturated rings. The van der Waals surface area contributed by atoms with Gasteiger partial charge in [-0.25, -0.2) is 4.79 Å². The maximum Gasteiger partial charge on any atom is 0.320 e. The summed E-state index contributed by atoms with van der Waals surface area (Å²) < 4.78 is 5.38. The molecule has 0 aliphatic carbocycles. The molecule has 1 N–H and O–H groups in total. The van der Waals surface area contributed by atoms with Crippen molar-refractivity contribution < 1.29 is 9.53 Å². The van der Waals surface area contributed by atoms with Crippen molar-refractivity contribution >= 4 is 52.2 Å². The van der Waals surface area contributed by atoms with Crippen molar-refractivity contribution in [2.45, 2.75) is 25.9 Å². The predicted octanol–water partition coefficient (Wildman–Crippen LogP) is 5.78. The normalized spacial score (nSPS) is 20.0. The van der Waals surface area contributed by atoms with Gasteiger partial charge in [0.2, 0.25) is 0 Å². The van der Waals surface area contributed by atoms with Gasteiger partial charge >= 0.3 is 6.03 Å². The summed E-state index contributed by atoms with van der Waals surface area (Å²) in [7, 11) is 0. The largest absolute Gasteiger partial charge is 0.378 e. The third-order valence-corrected chi connectivity index (χ3v) is 7.16. The second kappa shape index (κ2) is 10.6.